The van der Waals surface area contributed by atoms with Crippen molar-refractivity contribution < 1.29 is 9.59 Å². The molecule has 2 aromatic carbocycles. The van der Waals surface area contributed by atoms with Crippen LogP contribution in [0.25, 0.3) is 0 Å². The lowest BCUT2D eigenvalue weighted by Crippen LogP contribution is -2.49. The summed E-state index contributed by atoms with van der Waals surface area (Å²) in [4.78, 5) is 31.2. The van der Waals surface area contributed by atoms with E-state index in [0.717, 1.165) is 36.8 Å². The molecule has 2 aliphatic heterocycles. The second kappa shape index (κ2) is 8.87. The molecule has 2 aromatic rings. The Kier molecular flexibility index (Phi) is 6.05. The highest BCUT2D eigenvalue weighted by Crippen LogP contribution is 2.22. The fourth-order valence-corrected chi connectivity index (χ4v) is 4.31. The Morgan fingerprint density at radius 3 is 2.21 bits per heavy atom. The maximum Gasteiger partial charge on any atom is 0.223 e. The van der Waals surface area contributed by atoms with Crippen molar-refractivity contribution in [2.45, 2.75) is 25.8 Å². The number of piperazine rings is 1. The third-order valence-corrected chi connectivity index (χ3v) is 6.08. The van der Waals surface area contributed by atoms with Crippen LogP contribution in [0.4, 0.5) is 5.69 Å². The number of hydrogen-bond donors (Lipinski definition) is 0. The first kappa shape index (κ1) is 19.8. The summed E-state index contributed by atoms with van der Waals surface area (Å²) in [6, 6.07) is 16.1. The molecular weight excluding hydrogens is 386 g/mol. The van der Waals surface area contributed by atoms with Crippen molar-refractivity contribution in [1.82, 2.24) is 9.80 Å². The van der Waals surface area contributed by atoms with Gasteiger partial charge in [0.25, 0.3) is 0 Å². The van der Waals surface area contributed by atoms with Crippen LogP contribution in [0.2, 0.25) is 5.02 Å². The van der Waals surface area contributed by atoms with Gasteiger partial charge in [0.2, 0.25) is 11.8 Å². The second-order valence-electron chi connectivity index (χ2n) is 7.68. The molecule has 0 aromatic heterocycles. The minimum atomic E-state index is 0.0708. The summed E-state index contributed by atoms with van der Waals surface area (Å²) >= 11 is 6.08. The van der Waals surface area contributed by atoms with Crippen molar-refractivity contribution in [2.24, 2.45) is 0 Å². The summed E-state index contributed by atoms with van der Waals surface area (Å²) in [6.45, 7) is 4.31. The fourth-order valence-electron chi connectivity index (χ4n) is 4.13. The van der Waals surface area contributed by atoms with Crippen LogP contribution in [0.5, 0.6) is 0 Å². The quantitative estimate of drug-likeness (QED) is 0.774. The number of carbonyl (C=O) groups is 2. The van der Waals surface area contributed by atoms with Crippen LogP contribution in [-0.2, 0) is 22.6 Å². The molecule has 0 unspecified atom stereocenters. The van der Waals surface area contributed by atoms with Crippen LogP contribution in [0.3, 0.4) is 0 Å². The van der Waals surface area contributed by atoms with E-state index in [0.29, 0.717) is 19.6 Å². The summed E-state index contributed by atoms with van der Waals surface area (Å²) in [7, 11) is 0. The molecule has 0 bridgehead atoms. The third-order valence-electron chi connectivity index (χ3n) is 5.84. The summed E-state index contributed by atoms with van der Waals surface area (Å²) in [6.07, 6.45) is 1.46. The normalized spacial score (nSPS) is 16.5. The third kappa shape index (κ3) is 4.73. The van der Waals surface area contributed by atoms with E-state index in [1.165, 1.54) is 11.1 Å². The van der Waals surface area contributed by atoms with Gasteiger partial charge in [0, 0.05) is 62.8 Å². The average Bonchev–Trinajstić information content (AvgIpc) is 2.77. The lowest BCUT2D eigenvalue weighted by Gasteiger charge is -2.36. The lowest BCUT2D eigenvalue weighted by molar-refractivity contribution is -0.137. The van der Waals surface area contributed by atoms with Crippen molar-refractivity contribution in [1.29, 1.82) is 0 Å². The first-order chi connectivity index (χ1) is 14.1. The number of nitrogens with zero attached hydrogens (tertiary/aromatic N) is 3. The Labute approximate surface area is 176 Å². The van der Waals surface area contributed by atoms with E-state index < -0.39 is 0 Å². The maximum atomic E-state index is 12.6. The zero-order valence-electron chi connectivity index (χ0n) is 16.5. The van der Waals surface area contributed by atoms with Gasteiger partial charge in [-0.15, -0.1) is 0 Å². The van der Waals surface area contributed by atoms with E-state index in [2.05, 4.69) is 17.0 Å². The van der Waals surface area contributed by atoms with E-state index in [9.17, 15) is 9.59 Å². The van der Waals surface area contributed by atoms with E-state index in [4.69, 9.17) is 11.6 Å². The average molecular weight is 412 g/mol. The highest BCUT2D eigenvalue weighted by Gasteiger charge is 2.24. The van der Waals surface area contributed by atoms with Crippen LogP contribution in [0.1, 0.15) is 24.0 Å². The molecule has 1 fully saturated rings. The molecule has 1 saturated heterocycles. The minimum absolute atomic E-state index is 0.0708. The van der Waals surface area contributed by atoms with Crippen molar-refractivity contribution in [3.63, 3.8) is 0 Å². The SMILES string of the molecule is O=C(CCC(=O)N1CCc2ccccc2C1)N1CCN(c2cccc(Cl)c2)CC1. The largest absolute Gasteiger partial charge is 0.368 e. The molecule has 6 heteroatoms. The van der Waals surface area contributed by atoms with Crippen molar-refractivity contribution in [3.8, 4) is 0 Å². The predicted molar refractivity (Wildman–Crippen MR) is 115 cm³/mol. The van der Waals surface area contributed by atoms with Gasteiger partial charge in [-0.25, -0.2) is 0 Å². The van der Waals surface area contributed by atoms with E-state index in [-0.39, 0.29) is 24.7 Å². The van der Waals surface area contributed by atoms with Gasteiger partial charge in [0.15, 0.2) is 0 Å². The maximum absolute atomic E-state index is 12.6. The van der Waals surface area contributed by atoms with Crippen molar-refractivity contribution >= 4 is 29.1 Å². The lowest BCUT2D eigenvalue weighted by atomic mass is 9.99. The number of rotatable bonds is 4. The van der Waals surface area contributed by atoms with Gasteiger partial charge in [-0.05, 0) is 35.7 Å². The molecule has 29 heavy (non-hydrogen) atoms. The van der Waals surface area contributed by atoms with E-state index in [1.807, 2.05) is 46.2 Å². The Bertz CT molecular complexity index is 893. The molecule has 2 aliphatic rings. The van der Waals surface area contributed by atoms with Gasteiger partial charge in [-0.3, -0.25) is 9.59 Å². The number of benzene rings is 2. The van der Waals surface area contributed by atoms with Crippen LogP contribution < -0.4 is 4.90 Å². The van der Waals surface area contributed by atoms with Gasteiger partial charge in [0.1, 0.15) is 0 Å². The van der Waals surface area contributed by atoms with E-state index in [1.54, 1.807) is 0 Å². The van der Waals surface area contributed by atoms with Gasteiger partial charge >= 0.3 is 0 Å². The van der Waals surface area contributed by atoms with Crippen LogP contribution in [0, 0.1) is 0 Å². The van der Waals surface area contributed by atoms with Crippen LogP contribution in [-0.4, -0.2) is 54.3 Å². The zero-order valence-corrected chi connectivity index (χ0v) is 17.3. The molecular formula is C23H26ClN3O2. The summed E-state index contributed by atoms with van der Waals surface area (Å²) in [5.74, 6) is 0.145. The standard InChI is InChI=1S/C23H26ClN3O2/c24-20-6-3-7-21(16-20)25-12-14-26(15-13-25)22(28)8-9-23(29)27-11-10-18-4-1-2-5-19(18)17-27/h1-7,16H,8-15,17H2. The highest BCUT2D eigenvalue weighted by atomic mass is 35.5. The first-order valence-electron chi connectivity index (χ1n) is 10.2. The summed E-state index contributed by atoms with van der Waals surface area (Å²) in [5.41, 5.74) is 3.63. The van der Waals surface area contributed by atoms with Crippen LogP contribution in [0.15, 0.2) is 48.5 Å². The molecule has 0 atom stereocenters. The monoisotopic (exact) mass is 411 g/mol. The Morgan fingerprint density at radius 2 is 1.48 bits per heavy atom. The molecule has 5 nitrogen and oxygen atoms in total. The molecule has 152 valence electrons. The number of amides is 2. The van der Waals surface area contributed by atoms with Gasteiger partial charge in [-0.1, -0.05) is 41.9 Å². The topological polar surface area (TPSA) is 43.9 Å². The number of halogens is 1. The molecule has 0 N–H and O–H groups in total. The zero-order chi connectivity index (χ0) is 20.2. The van der Waals surface area contributed by atoms with Crippen molar-refractivity contribution in [2.75, 3.05) is 37.6 Å². The summed E-state index contributed by atoms with van der Waals surface area (Å²) in [5, 5.41) is 0.722. The van der Waals surface area contributed by atoms with Gasteiger partial charge in [-0.2, -0.15) is 0 Å². The molecule has 2 amide bonds. The second-order valence-corrected chi connectivity index (χ2v) is 8.12. The molecule has 4 rings (SSSR count). The number of fused-ring (bicyclic) bond motifs is 1. The first-order valence-corrected chi connectivity index (χ1v) is 10.6. The minimum Gasteiger partial charge on any atom is -0.368 e. The Morgan fingerprint density at radius 1 is 0.793 bits per heavy atom. The van der Waals surface area contributed by atoms with Gasteiger partial charge < -0.3 is 14.7 Å². The molecule has 2 heterocycles. The highest BCUT2D eigenvalue weighted by molar-refractivity contribution is 6.30. The molecule has 0 saturated carbocycles. The number of carbonyl (C=O) groups excluding carboxylic acids is 2. The molecule has 0 spiro atoms. The van der Waals surface area contributed by atoms with Crippen molar-refractivity contribution in [3.05, 3.63) is 64.7 Å². The summed E-state index contributed by atoms with van der Waals surface area (Å²) < 4.78 is 0. The van der Waals surface area contributed by atoms with E-state index >= 15 is 0 Å². The smallest absolute Gasteiger partial charge is 0.223 e. The van der Waals surface area contributed by atoms with Gasteiger partial charge in [0.05, 0.1) is 0 Å². The predicted octanol–water partition coefficient (Wildman–Crippen LogP) is 3.35. The number of hydrogen-bond acceptors (Lipinski definition) is 3. The molecule has 0 aliphatic carbocycles. The van der Waals surface area contributed by atoms with Crippen LogP contribution >= 0.6 is 11.6 Å². The molecule has 0 radical (unpaired) electrons. The number of anilines is 1. The fraction of sp³-hybridized carbons (Fsp3) is 0.391. The Hall–Kier alpha value is -2.53. The Balaban J connectivity index is 1.24.